The molecule has 2 aliphatic rings. The van der Waals surface area contributed by atoms with Crippen LogP contribution < -0.4 is 0 Å². The van der Waals surface area contributed by atoms with E-state index in [4.69, 9.17) is 4.74 Å². The van der Waals surface area contributed by atoms with Gasteiger partial charge in [-0.05, 0) is 32.8 Å². The average molecular weight is 391 g/mol. The van der Waals surface area contributed by atoms with Gasteiger partial charge in [-0.15, -0.1) is 0 Å². The minimum absolute atomic E-state index is 0.0866. The third-order valence-corrected chi connectivity index (χ3v) is 5.69. The molecule has 1 aliphatic carbocycles. The summed E-state index contributed by atoms with van der Waals surface area (Å²) in [4.78, 5) is 31.2. The number of hydrogen-bond donors (Lipinski definition) is 0. The standard InChI is InChI=1S/C19H26N4O3S/c1-4-26-17(24)12-27-19-20-16(10-14-11-22(3)21-13(14)2)18(25)23(19)15-8-6-5-7-9-15/h10-11,15H,4-9,12H2,1-3H3/b16-10+. The van der Waals surface area contributed by atoms with Gasteiger partial charge in [0.05, 0.1) is 18.1 Å². The Morgan fingerprint density at radius 3 is 2.74 bits per heavy atom. The summed E-state index contributed by atoms with van der Waals surface area (Å²) in [6.45, 7) is 4.04. The molecule has 27 heavy (non-hydrogen) atoms. The van der Waals surface area contributed by atoms with Gasteiger partial charge in [-0.25, -0.2) is 4.99 Å². The highest BCUT2D eigenvalue weighted by Gasteiger charge is 2.36. The Morgan fingerprint density at radius 1 is 1.37 bits per heavy atom. The highest BCUT2D eigenvalue weighted by molar-refractivity contribution is 8.14. The largest absolute Gasteiger partial charge is 0.465 e. The second-order valence-electron chi connectivity index (χ2n) is 6.83. The number of hydrogen-bond acceptors (Lipinski definition) is 6. The molecule has 0 unspecified atom stereocenters. The summed E-state index contributed by atoms with van der Waals surface area (Å²) in [5.41, 5.74) is 2.14. The van der Waals surface area contributed by atoms with Gasteiger partial charge in [0.15, 0.2) is 5.17 Å². The Morgan fingerprint density at radius 2 is 2.11 bits per heavy atom. The number of aromatic nitrogens is 2. The predicted molar refractivity (Wildman–Crippen MR) is 106 cm³/mol. The highest BCUT2D eigenvalue weighted by atomic mass is 32.2. The lowest BCUT2D eigenvalue weighted by Crippen LogP contribution is -2.41. The van der Waals surface area contributed by atoms with Crippen LogP contribution in [0.15, 0.2) is 16.9 Å². The fourth-order valence-electron chi connectivity index (χ4n) is 3.51. The monoisotopic (exact) mass is 390 g/mol. The van der Waals surface area contributed by atoms with Crippen LogP contribution >= 0.6 is 11.8 Å². The Hall–Kier alpha value is -2.09. The quantitative estimate of drug-likeness (QED) is 0.571. The number of carbonyl (C=O) groups is 2. The van der Waals surface area contributed by atoms with E-state index in [-0.39, 0.29) is 23.7 Å². The van der Waals surface area contributed by atoms with E-state index in [1.165, 1.54) is 18.2 Å². The first-order valence-corrected chi connectivity index (χ1v) is 10.4. The minimum atomic E-state index is -0.290. The van der Waals surface area contributed by atoms with Crippen molar-refractivity contribution in [3.8, 4) is 0 Å². The number of esters is 1. The molecule has 1 amide bonds. The molecule has 146 valence electrons. The van der Waals surface area contributed by atoms with Crippen LogP contribution in [0.3, 0.4) is 0 Å². The fourth-order valence-corrected chi connectivity index (χ4v) is 4.37. The van der Waals surface area contributed by atoms with Gasteiger partial charge in [-0.1, -0.05) is 31.0 Å². The maximum Gasteiger partial charge on any atom is 0.316 e. The molecule has 0 N–H and O–H groups in total. The molecule has 3 rings (SSSR count). The van der Waals surface area contributed by atoms with E-state index in [0.717, 1.165) is 36.9 Å². The van der Waals surface area contributed by atoms with Crippen LogP contribution in [0.5, 0.6) is 0 Å². The number of thioether (sulfide) groups is 1. The number of amidine groups is 1. The molecular formula is C19H26N4O3S. The Labute approximate surface area is 163 Å². The summed E-state index contributed by atoms with van der Waals surface area (Å²) in [6, 6.07) is 0.153. The van der Waals surface area contributed by atoms with Crippen LogP contribution in [0.4, 0.5) is 0 Å². The predicted octanol–water partition coefficient (Wildman–Crippen LogP) is 2.90. The molecule has 8 heteroatoms. The number of nitrogens with zero attached hydrogens (tertiary/aromatic N) is 4. The normalized spacial score (nSPS) is 19.7. The summed E-state index contributed by atoms with van der Waals surface area (Å²) in [5, 5.41) is 4.92. The summed E-state index contributed by atoms with van der Waals surface area (Å²) in [7, 11) is 1.85. The van der Waals surface area contributed by atoms with Crippen molar-refractivity contribution in [1.82, 2.24) is 14.7 Å². The van der Waals surface area contributed by atoms with Crippen molar-refractivity contribution in [3.05, 3.63) is 23.2 Å². The lowest BCUT2D eigenvalue weighted by molar-refractivity contribution is -0.139. The van der Waals surface area contributed by atoms with E-state index in [9.17, 15) is 9.59 Å². The molecule has 1 fully saturated rings. The summed E-state index contributed by atoms with van der Waals surface area (Å²) in [5.74, 6) is -0.221. The van der Waals surface area contributed by atoms with Crippen LogP contribution in [-0.2, 0) is 21.4 Å². The van der Waals surface area contributed by atoms with Crippen LogP contribution in [0.25, 0.3) is 6.08 Å². The summed E-state index contributed by atoms with van der Waals surface area (Å²) >= 11 is 1.28. The zero-order valence-corrected chi connectivity index (χ0v) is 16.9. The van der Waals surface area contributed by atoms with Crippen LogP contribution in [0.1, 0.15) is 50.3 Å². The third kappa shape index (κ3) is 4.61. The Kier molecular flexibility index (Phi) is 6.36. The molecule has 0 radical (unpaired) electrons. The van der Waals surface area contributed by atoms with Crippen LogP contribution in [-0.4, -0.2) is 50.1 Å². The van der Waals surface area contributed by atoms with Crippen molar-refractivity contribution < 1.29 is 14.3 Å². The third-order valence-electron chi connectivity index (χ3n) is 4.77. The second-order valence-corrected chi connectivity index (χ2v) is 7.77. The number of carbonyl (C=O) groups excluding carboxylic acids is 2. The number of aliphatic imine (C=N–C) groups is 1. The van der Waals surface area contributed by atoms with Crippen LogP contribution in [0, 0.1) is 6.92 Å². The Balaban J connectivity index is 1.85. The number of ether oxygens (including phenoxy) is 1. The van der Waals surface area contributed by atoms with Gasteiger partial charge in [0.2, 0.25) is 0 Å². The fraction of sp³-hybridized carbons (Fsp3) is 0.579. The van der Waals surface area contributed by atoms with Crippen LogP contribution in [0.2, 0.25) is 0 Å². The van der Waals surface area contributed by atoms with E-state index in [1.54, 1.807) is 22.6 Å². The van der Waals surface area contributed by atoms with Crippen molar-refractivity contribution in [2.24, 2.45) is 12.0 Å². The average Bonchev–Trinajstić information content (AvgIpc) is 3.13. The lowest BCUT2D eigenvalue weighted by Gasteiger charge is -2.31. The van der Waals surface area contributed by atoms with E-state index in [0.29, 0.717) is 17.5 Å². The molecule has 0 aromatic carbocycles. The van der Waals surface area contributed by atoms with E-state index < -0.39 is 0 Å². The molecule has 0 spiro atoms. The zero-order valence-electron chi connectivity index (χ0n) is 16.1. The summed E-state index contributed by atoms with van der Waals surface area (Å²) in [6.07, 6.45) is 9.06. The van der Waals surface area contributed by atoms with Gasteiger partial charge in [-0.3, -0.25) is 19.2 Å². The van der Waals surface area contributed by atoms with Gasteiger partial charge >= 0.3 is 5.97 Å². The topological polar surface area (TPSA) is 76.8 Å². The van der Waals surface area contributed by atoms with Crippen molar-refractivity contribution >= 4 is 34.9 Å². The lowest BCUT2D eigenvalue weighted by atomic mass is 9.94. The molecule has 1 aliphatic heterocycles. The van der Waals surface area contributed by atoms with E-state index in [1.807, 2.05) is 20.2 Å². The Bertz CT molecular complexity index is 778. The molecule has 0 atom stereocenters. The van der Waals surface area contributed by atoms with E-state index in [2.05, 4.69) is 10.1 Å². The molecule has 1 aromatic heterocycles. The molecule has 0 bridgehead atoms. The first-order valence-electron chi connectivity index (χ1n) is 9.42. The maximum absolute atomic E-state index is 13.1. The van der Waals surface area contributed by atoms with Gasteiger partial charge in [-0.2, -0.15) is 5.10 Å². The van der Waals surface area contributed by atoms with Crippen molar-refractivity contribution in [2.75, 3.05) is 12.4 Å². The molecular weight excluding hydrogens is 364 g/mol. The summed E-state index contributed by atoms with van der Waals surface area (Å²) < 4.78 is 6.73. The zero-order chi connectivity index (χ0) is 19.4. The molecule has 2 heterocycles. The van der Waals surface area contributed by atoms with E-state index >= 15 is 0 Å². The van der Waals surface area contributed by atoms with Gasteiger partial charge in [0.25, 0.3) is 5.91 Å². The maximum atomic E-state index is 13.1. The SMILES string of the molecule is CCOC(=O)CSC1=N/C(=C/c2cn(C)nc2C)C(=O)N1C1CCCCC1. The molecule has 1 aromatic rings. The van der Waals surface area contributed by atoms with Gasteiger partial charge in [0.1, 0.15) is 5.70 Å². The molecule has 7 nitrogen and oxygen atoms in total. The number of amides is 1. The first kappa shape index (κ1) is 19.7. The van der Waals surface area contributed by atoms with Crippen molar-refractivity contribution in [1.29, 1.82) is 0 Å². The van der Waals surface area contributed by atoms with Gasteiger partial charge in [0, 0.05) is 24.8 Å². The van der Waals surface area contributed by atoms with Crippen molar-refractivity contribution in [2.45, 2.75) is 52.0 Å². The molecule has 0 saturated heterocycles. The first-order chi connectivity index (χ1) is 13.0. The smallest absolute Gasteiger partial charge is 0.316 e. The molecule has 1 saturated carbocycles. The van der Waals surface area contributed by atoms with Gasteiger partial charge < -0.3 is 4.74 Å². The number of rotatable bonds is 5. The minimum Gasteiger partial charge on any atom is -0.465 e. The van der Waals surface area contributed by atoms with Crippen molar-refractivity contribution in [3.63, 3.8) is 0 Å². The second kappa shape index (κ2) is 8.73. The number of aryl methyl sites for hydroxylation is 2. The highest BCUT2D eigenvalue weighted by Crippen LogP contribution is 2.32.